The summed E-state index contributed by atoms with van der Waals surface area (Å²) in [6.45, 7) is 4.34. The van der Waals surface area contributed by atoms with Gasteiger partial charge in [0, 0.05) is 11.7 Å². The summed E-state index contributed by atoms with van der Waals surface area (Å²) in [5.74, 6) is 2.62. The zero-order valence-electron chi connectivity index (χ0n) is 9.55. The molecule has 0 spiro atoms. The number of rotatable bonds is 2. The SMILES string of the molecule is Cc1ccc(NC2CCSCC2)cc1C. The number of aryl methyl sites for hydroxylation is 2. The molecular formula is C13H19NS. The van der Waals surface area contributed by atoms with Gasteiger partial charge >= 0.3 is 0 Å². The van der Waals surface area contributed by atoms with Gasteiger partial charge in [0.05, 0.1) is 0 Å². The molecule has 0 aliphatic carbocycles. The molecule has 1 nitrogen and oxygen atoms in total. The standard InChI is InChI=1S/C13H19NS/c1-10-3-4-13(9-11(10)2)14-12-5-7-15-8-6-12/h3-4,9,12,14H,5-8H2,1-2H3. The van der Waals surface area contributed by atoms with Crippen molar-refractivity contribution in [2.45, 2.75) is 32.7 Å². The van der Waals surface area contributed by atoms with Crippen molar-refractivity contribution < 1.29 is 0 Å². The van der Waals surface area contributed by atoms with Crippen LogP contribution in [0.25, 0.3) is 0 Å². The van der Waals surface area contributed by atoms with E-state index in [4.69, 9.17) is 0 Å². The molecule has 1 aromatic carbocycles. The van der Waals surface area contributed by atoms with Crippen LogP contribution in [0.3, 0.4) is 0 Å². The van der Waals surface area contributed by atoms with Crippen molar-refractivity contribution in [3.05, 3.63) is 29.3 Å². The molecule has 0 radical (unpaired) electrons. The van der Waals surface area contributed by atoms with Crippen molar-refractivity contribution >= 4 is 17.4 Å². The maximum atomic E-state index is 3.64. The quantitative estimate of drug-likeness (QED) is 0.818. The van der Waals surface area contributed by atoms with Gasteiger partial charge in [-0.25, -0.2) is 0 Å². The topological polar surface area (TPSA) is 12.0 Å². The Kier molecular flexibility index (Phi) is 3.57. The van der Waals surface area contributed by atoms with Crippen LogP contribution in [0.2, 0.25) is 0 Å². The van der Waals surface area contributed by atoms with E-state index in [-0.39, 0.29) is 0 Å². The third-order valence-electron chi connectivity index (χ3n) is 3.10. The number of hydrogen-bond donors (Lipinski definition) is 1. The van der Waals surface area contributed by atoms with Crippen LogP contribution in [-0.4, -0.2) is 17.5 Å². The van der Waals surface area contributed by atoms with E-state index in [9.17, 15) is 0 Å². The summed E-state index contributed by atoms with van der Waals surface area (Å²) in [5, 5.41) is 3.64. The highest BCUT2D eigenvalue weighted by Gasteiger charge is 2.12. The molecule has 0 bridgehead atoms. The molecule has 82 valence electrons. The Bertz CT molecular complexity index is 329. The molecule has 0 saturated carbocycles. The van der Waals surface area contributed by atoms with Crippen LogP contribution in [0.15, 0.2) is 18.2 Å². The highest BCUT2D eigenvalue weighted by Crippen LogP contribution is 2.22. The third-order valence-corrected chi connectivity index (χ3v) is 4.15. The Morgan fingerprint density at radius 1 is 1.13 bits per heavy atom. The average molecular weight is 221 g/mol. The molecule has 0 amide bonds. The second kappa shape index (κ2) is 4.93. The number of benzene rings is 1. The molecule has 1 N–H and O–H groups in total. The van der Waals surface area contributed by atoms with Crippen LogP contribution in [0.5, 0.6) is 0 Å². The molecular weight excluding hydrogens is 202 g/mol. The van der Waals surface area contributed by atoms with Gasteiger partial charge in [-0.05, 0) is 61.5 Å². The van der Waals surface area contributed by atoms with Gasteiger partial charge in [-0.2, -0.15) is 11.8 Å². The average Bonchev–Trinajstić information content (AvgIpc) is 2.25. The van der Waals surface area contributed by atoms with Crippen molar-refractivity contribution in [2.75, 3.05) is 16.8 Å². The van der Waals surface area contributed by atoms with Gasteiger partial charge in [0.25, 0.3) is 0 Å². The van der Waals surface area contributed by atoms with E-state index in [0.29, 0.717) is 6.04 Å². The summed E-state index contributed by atoms with van der Waals surface area (Å²) in [5.41, 5.74) is 4.04. The van der Waals surface area contributed by atoms with E-state index in [1.165, 1.54) is 41.2 Å². The lowest BCUT2D eigenvalue weighted by atomic mass is 10.1. The molecule has 0 aromatic heterocycles. The molecule has 1 heterocycles. The second-order valence-corrected chi connectivity index (χ2v) is 5.55. The van der Waals surface area contributed by atoms with E-state index < -0.39 is 0 Å². The number of anilines is 1. The molecule has 0 unspecified atom stereocenters. The monoisotopic (exact) mass is 221 g/mol. The Morgan fingerprint density at radius 3 is 2.53 bits per heavy atom. The van der Waals surface area contributed by atoms with Crippen LogP contribution < -0.4 is 5.32 Å². The van der Waals surface area contributed by atoms with Gasteiger partial charge < -0.3 is 5.32 Å². The summed E-state index contributed by atoms with van der Waals surface area (Å²) >= 11 is 2.07. The van der Waals surface area contributed by atoms with E-state index in [1.807, 2.05) is 0 Å². The van der Waals surface area contributed by atoms with Gasteiger partial charge in [-0.15, -0.1) is 0 Å². The first-order valence-corrected chi connectivity index (χ1v) is 6.83. The molecule has 1 aliphatic heterocycles. The first-order chi connectivity index (χ1) is 7.25. The van der Waals surface area contributed by atoms with Crippen LogP contribution >= 0.6 is 11.8 Å². The highest BCUT2D eigenvalue weighted by molar-refractivity contribution is 7.99. The number of thioether (sulfide) groups is 1. The normalized spacial score (nSPS) is 17.7. The zero-order chi connectivity index (χ0) is 10.7. The van der Waals surface area contributed by atoms with Crippen LogP contribution in [-0.2, 0) is 0 Å². The van der Waals surface area contributed by atoms with Crippen molar-refractivity contribution in [3.63, 3.8) is 0 Å². The van der Waals surface area contributed by atoms with E-state index in [2.05, 4.69) is 49.1 Å². The molecule has 1 saturated heterocycles. The third kappa shape index (κ3) is 2.91. The van der Waals surface area contributed by atoms with Crippen molar-refractivity contribution in [2.24, 2.45) is 0 Å². The first-order valence-electron chi connectivity index (χ1n) is 5.67. The minimum atomic E-state index is 0.688. The van der Waals surface area contributed by atoms with Crippen LogP contribution in [0, 0.1) is 13.8 Å². The van der Waals surface area contributed by atoms with Gasteiger partial charge in [0.15, 0.2) is 0 Å². The predicted octanol–water partition coefficient (Wildman–Crippen LogP) is 3.61. The summed E-state index contributed by atoms with van der Waals surface area (Å²) in [6.07, 6.45) is 2.61. The fourth-order valence-electron chi connectivity index (χ4n) is 1.91. The lowest BCUT2D eigenvalue weighted by Gasteiger charge is -2.24. The van der Waals surface area contributed by atoms with Crippen LogP contribution in [0.1, 0.15) is 24.0 Å². The fraction of sp³-hybridized carbons (Fsp3) is 0.538. The van der Waals surface area contributed by atoms with Gasteiger partial charge in [-0.1, -0.05) is 6.07 Å². The van der Waals surface area contributed by atoms with E-state index in [0.717, 1.165) is 0 Å². The minimum Gasteiger partial charge on any atom is -0.382 e. The molecule has 2 rings (SSSR count). The van der Waals surface area contributed by atoms with Crippen molar-refractivity contribution in [1.29, 1.82) is 0 Å². The summed E-state index contributed by atoms with van der Waals surface area (Å²) in [4.78, 5) is 0. The Labute approximate surface area is 96.7 Å². The van der Waals surface area contributed by atoms with Crippen molar-refractivity contribution in [3.8, 4) is 0 Å². The maximum absolute atomic E-state index is 3.64. The number of nitrogens with one attached hydrogen (secondary N) is 1. The smallest absolute Gasteiger partial charge is 0.0345 e. The molecule has 1 aromatic rings. The maximum Gasteiger partial charge on any atom is 0.0345 e. The van der Waals surface area contributed by atoms with Crippen LogP contribution in [0.4, 0.5) is 5.69 Å². The molecule has 15 heavy (non-hydrogen) atoms. The minimum absolute atomic E-state index is 0.688. The second-order valence-electron chi connectivity index (χ2n) is 4.33. The number of hydrogen-bond acceptors (Lipinski definition) is 2. The highest BCUT2D eigenvalue weighted by atomic mass is 32.2. The summed E-state index contributed by atoms with van der Waals surface area (Å²) < 4.78 is 0. The Balaban J connectivity index is 2.00. The zero-order valence-corrected chi connectivity index (χ0v) is 10.4. The molecule has 2 heteroatoms. The van der Waals surface area contributed by atoms with Gasteiger partial charge in [-0.3, -0.25) is 0 Å². The van der Waals surface area contributed by atoms with Gasteiger partial charge in [0.1, 0.15) is 0 Å². The van der Waals surface area contributed by atoms with E-state index in [1.54, 1.807) is 0 Å². The lowest BCUT2D eigenvalue weighted by Crippen LogP contribution is -2.24. The Hall–Kier alpha value is -0.630. The largest absolute Gasteiger partial charge is 0.382 e. The van der Waals surface area contributed by atoms with Gasteiger partial charge in [0.2, 0.25) is 0 Å². The predicted molar refractivity (Wildman–Crippen MR) is 69.9 cm³/mol. The summed E-state index contributed by atoms with van der Waals surface area (Å²) in [7, 11) is 0. The molecule has 1 aliphatic rings. The molecule has 1 fully saturated rings. The molecule has 0 atom stereocenters. The first kappa shape index (κ1) is 10.9. The fourth-order valence-corrected chi connectivity index (χ4v) is 3.02. The van der Waals surface area contributed by atoms with Crippen molar-refractivity contribution in [1.82, 2.24) is 0 Å². The lowest BCUT2D eigenvalue weighted by molar-refractivity contribution is 0.667. The van der Waals surface area contributed by atoms with E-state index >= 15 is 0 Å². The summed E-state index contributed by atoms with van der Waals surface area (Å²) in [6, 6.07) is 7.35. The Morgan fingerprint density at radius 2 is 1.87 bits per heavy atom.